The number of carboxylic acid groups (broad SMARTS) is 1. The number of morpholine rings is 1. The van der Waals surface area contributed by atoms with Crippen molar-refractivity contribution in [1.29, 1.82) is 0 Å². The molecule has 266 valence electrons. The number of aromatic nitrogens is 4. The number of primary amides is 1. The number of hydrogen-bond donors (Lipinski definition) is 4. The standard InChI is InChI=1S/C33H39N13O5/c1-19-13-25(24(14-23(19)27(34)47)29(48)43-7-5-42(2)6-8-43)46-28-22(3-4-45(28)32(49)50)26(20-15-37-30(35)38-16-20)41-33(46,44-9-11-51-12-10-44)21-17-39-31(36)40-18-21/h13-18H,3-12H2,1-2H3,(H2,34,47)(H,49,50)(H2,35,37,38)(H2,36,39,40). The van der Waals surface area contributed by atoms with E-state index < -0.39 is 17.8 Å². The van der Waals surface area contributed by atoms with Crippen LogP contribution in [-0.4, -0.2) is 134 Å². The Morgan fingerprint density at radius 3 is 2.10 bits per heavy atom. The summed E-state index contributed by atoms with van der Waals surface area (Å²) in [6, 6.07) is 3.21. The number of amides is 3. The van der Waals surface area contributed by atoms with Crippen molar-refractivity contribution in [3.8, 4) is 0 Å². The van der Waals surface area contributed by atoms with E-state index in [2.05, 4.69) is 24.8 Å². The molecule has 2 aromatic heterocycles. The number of aliphatic imine (C=N–C) groups is 1. The topological polar surface area (TPSA) is 239 Å². The number of nitrogens with two attached hydrogens (primary N) is 3. The smallest absolute Gasteiger partial charge is 0.412 e. The van der Waals surface area contributed by atoms with E-state index in [0.717, 1.165) is 0 Å². The molecule has 18 heteroatoms. The molecule has 0 bridgehead atoms. The molecule has 18 nitrogen and oxygen atoms in total. The van der Waals surface area contributed by atoms with Crippen LogP contribution in [0.5, 0.6) is 0 Å². The number of carbonyl (C=O) groups is 3. The number of nitrogen functional groups attached to an aromatic ring is 2. The van der Waals surface area contributed by atoms with Crippen LogP contribution in [0.15, 0.2) is 53.3 Å². The lowest BCUT2D eigenvalue weighted by Gasteiger charge is -2.53. The number of nitrogens with zero attached hydrogens (tertiary/aromatic N) is 10. The normalized spacial score (nSPS) is 21.5. The highest BCUT2D eigenvalue weighted by Crippen LogP contribution is 2.50. The minimum Gasteiger partial charge on any atom is -0.465 e. The van der Waals surface area contributed by atoms with Gasteiger partial charge >= 0.3 is 6.09 Å². The predicted molar refractivity (Wildman–Crippen MR) is 185 cm³/mol. The summed E-state index contributed by atoms with van der Waals surface area (Å²) in [6.45, 7) is 5.40. The van der Waals surface area contributed by atoms with Gasteiger partial charge in [0.25, 0.3) is 5.91 Å². The fourth-order valence-electron chi connectivity index (χ4n) is 7.14. The van der Waals surface area contributed by atoms with E-state index >= 15 is 0 Å². The third-order valence-corrected chi connectivity index (χ3v) is 9.75. The Hall–Kier alpha value is -5.72. The van der Waals surface area contributed by atoms with Crippen molar-refractivity contribution in [2.75, 3.05) is 82.4 Å². The van der Waals surface area contributed by atoms with Gasteiger partial charge in [-0.15, -0.1) is 0 Å². The predicted octanol–water partition coefficient (Wildman–Crippen LogP) is 0.273. The average molecular weight is 698 g/mol. The minimum absolute atomic E-state index is 0.0231. The summed E-state index contributed by atoms with van der Waals surface area (Å²) in [6.07, 6.45) is 5.26. The van der Waals surface area contributed by atoms with Gasteiger partial charge in [0, 0.05) is 87.3 Å². The molecule has 0 radical (unpaired) electrons. The van der Waals surface area contributed by atoms with E-state index in [9.17, 15) is 19.5 Å². The van der Waals surface area contributed by atoms with Gasteiger partial charge in [-0.25, -0.2) is 29.7 Å². The molecule has 7 rings (SSSR count). The van der Waals surface area contributed by atoms with E-state index in [1.807, 2.05) is 11.9 Å². The van der Waals surface area contributed by atoms with Crippen molar-refractivity contribution >= 4 is 41.2 Å². The van der Waals surface area contributed by atoms with E-state index in [1.165, 1.54) is 11.0 Å². The number of benzene rings is 1. The highest BCUT2D eigenvalue weighted by molar-refractivity contribution is 6.15. The number of hydrogen-bond acceptors (Lipinski definition) is 14. The van der Waals surface area contributed by atoms with Crippen LogP contribution in [0, 0.1) is 6.92 Å². The first kappa shape index (κ1) is 33.8. The van der Waals surface area contributed by atoms with E-state index in [4.69, 9.17) is 26.9 Å². The van der Waals surface area contributed by atoms with Crippen molar-refractivity contribution in [2.45, 2.75) is 19.1 Å². The molecule has 3 aromatic rings. The maximum absolute atomic E-state index is 14.7. The van der Waals surface area contributed by atoms with Crippen LogP contribution in [-0.2, 0) is 10.5 Å². The highest BCUT2D eigenvalue weighted by Gasteiger charge is 2.55. The number of carbonyl (C=O) groups excluding carboxylic acids is 2. The van der Waals surface area contributed by atoms with Crippen LogP contribution in [0.1, 0.15) is 43.8 Å². The minimum atomic E-state index is -1.62. The molecule has 1 aromatic carbocycles. The molecule has 0 spiro atoms. The van der Waals surface area contributed by atoms with Gasteiger partial charge in [0.05, 0.1) is 35.7 Å². The van der Waals surface area contributed by atoms with Crippen molar-refractivity contribution < 1.29 is 24.2 Å². The molecule has 0 aliphatic carbocycles. The molecular formula is C33H39N13O5. The van der Waals surface area contributed by atoms with Gasteiger partial charge in [-0.05, 0) is 38.1 Å². The van der Waals surface area contributed by atoms with Crippen LogP contribution in [0.25, 0.3) is 0 Å². The van der Waals surface area contributed by atoms with Crippen molar-refractivity contribution in [2.24, 2.45) is 10.7 Å². The van der Waals surface area contributed by atoms with Crippen molar-refractivity contribution in [3.63, 3.8) is 0 Å². The SMILES string of the molecule is Cc1cc(N2C3=C(CCN3C(=O)O)C(c3cnc(N)nc3)=NC2(c2cnc(N)nc2)N2CCOCC2)c(C(=O)N2CCN(C)CC2)cc1C(N)=O. The Bertz CT molecular complexity index is 1940. The second-order valence-electron chi connectivity index (χ2n) is 12.8. The molecule has 0 saturated carbocycles. The van der Waals surface area contributed by atoms with Gasteiger partial charge in [-0.2, -0.15) is 0 Å². The number of ether oxygens (including phenoxy) is 1. The van der Waals surface area contributed by atoms with Crippen LogP contribution >= 0.6 is 0 Å². The number of aryl methyl sites for hydroxylation is 1. The number of piperazine rings is 1. The van der Waals surface area contributed by atoms with Crippen LogP contribution < -0.4 is 22.1 Å². The fourth-order valence-corrected chi connectivity index (χ4v) is 7.14. The summed E-state index contributed by atoms with van der Waals surface area (Å²) in [7, 11) is 1.99. The van der Waals surface area contributed by atoms with E-state index in [0.29, 0.717) is 92.6 Å². The Labute approximate surface area is 293 Å². The van der Waals surface area contributed by atoms with Crippen LogP contribution in [0.4, 0.5) is 22.4 Å². The Kier molecular flexibility index (Phi) is 8.74. The van der Waals surface area contributed by atoms with Crippen molar-refractivity contribution in [3.05, 3.63) is 76.1 Å². The van der Waals surface area contributed by atoms with Gasteiger partial charge in [-0.3, -0.25) is 24.3 Å². The largest absolute Gasteiger partial charge is 0.465 e. The summed E-state index contributed by atoms with van der Waals surface area (Å²) in [4.78, 5) is 72.2. The van der Waals surface area contributed by atoms with E-state index in [1.54, 1.807) is 47.6 Å². The zero-order valence-corrected chi connectivity index (χ0v) is 28.3. The first-order chi connectivity index (χ1) is 24.5. The molecule has 51 heavy (non-hydrogen) atoms. The average Bonchev–Trinajstić information content (AvgIpc) is 3.57. The summed E-state index contributed by atoms with van der Waals surface area (Å²) < 4.78 is 5.79. The molecule has 4 aliphatic heterocycles. The Morgan fingerprint density at radius 2 is 1.49 bits per heavy atom. The first-order valence-corrected chi connectivity index (χ1v) is 16.5. The number of likely N-dealkylation sites (N-methyl/N-ethyl adjacent to an activating group) is 1. The van der Waals surface area contributed by atoms with E-state index in [-0.39, 0.29) is 41.3 Å². The summed E-state index contributed by atoms with van der Waals surface area (Å²) in [5, 5.41) is 10.7. The molecule has 1 atom stereocenters. The van der Waals surface area contributed by atoms with Gasteiger partial charge in [0.15, 0.2) is 0 Å². The number of anilines is 3. The summed E-state index contributed by atoms with van der Waals surface area (Å²) in [5.74, 6) is -2.31. The summed E-state index contributed by atoms with van der Waals surface area (Å²) in [5.41, 5.74) is 20.8. The van der Waals surface area contributed by atoms with Crippen LogP contribution in [0.3, 0.4) is 0 Å². The lowest BCUT2D eigenvalue weighted by Crippen LogP contribution is -2.63. The van der Waals surface area contributed by atoms with Crippen LogP contribution in [0.2, 0.25) is 0 Å². The maximum Gasteiger partial charge on any atom is 0.412 e. The second-order valence-corrected chi connectivity index (χ2v) is 12.8. The maximum atomic E-state index is 14.7. The number of rotatable bonds is 6. The fraction of sp³-hybridized carbons (Fsp3) is 0.394. The monoisotopic (exact) mass is 697 g/mol. The zero-order valence-electron chi connectivity index (χ0n) is 28.3. The first-order valence-electron chi connectivity index (χ1n) is 16.5. The molecule has 6 heterocycles. The lowest BCUT2D eigenvalue weighted by atomic mass is 9.93. The zero-order chi connectivity index (χ0) is 36.0. The molecular weight excluding hydrogens is 658 g/mol. The Balaban J connectivity index is 1.58. The molecule has 7 N–H and O–H groups in total. The lowest BCUT2D eigenvalue weighted by molar-refractivity contribution is -0.0236. The molecule has 2 fully saturated rings. The van der Waals surface area contributed by atoms with Gasteiger partial charge in [0.2, 0.25) is 23.6 Å². The highest BCUT2D eigenvalue weighted by atomic mass is 16.5. The third-order valence-electron chi connectivity index (χ3n) is 9.75. The molecule has 4 aliphatic rings. The third kappa shape index (κ3) is 5.85. The Morgan fingerprint density at radius 1 is 0.863 bits per heavy atom. The molecule has 1 unspecified atom stereocenters. The quantitative estimate of drug-likeness (QED) is 0.271. The van der Waals surface area contributed by atoms with Gasteiger partial charge in [0.1, 0.15) is 5.82 Å². The second kappa shape index (κ2) is 13.2. The molecule has 2 saturated heterocycles. The van der Waals surface area contributed by atoms with Crippen molar-refractivity contribution in [1.82, 2.24) is 39.5 Å². The molecule has 3 amide bonds. The van der Waals surface area contributed by atoms with Gasteiger partial charge in [-0.1, -0.05) is 0 Å². The summed E-state index contributed by atoms with van der Waals surface area (Å²) >= 11 is 0. The van der Waals surface area contributed by atoms with Gasteiger partial charge < -0.3 is 36.8 Å².